The number of hydrogen-bond acceptors (Lipinski definition) is 1. The van der Waals surface area contributed by atoms with E-state index in [-0.39, 0.29) is 5.91 Å². The molecule has 1 aliphatic rings. The van der Waals surface area contributed by atoms with Crippen molar-refractivity contribution in [1.29, 1.82) is 0 Å². The molecule has 2 heteroatoms. The van der Waals surface area contributed by atoms with Crippen LogP contribution in [0.15, 0.2) is 48.1 Å². The minimum Gasteiger partial charge on any atom is -0.352 e. The summed E-state index contributed by atoms with van der Waals surface area (Å²) in [7, 11) is 0. The van der Waals surface area contributed by atoms with E-state index in [4.69, 9.17) is 0 Å². The van der Waals surface area contributed by atoms with Gasteiger partial charge in [-0.05, 0) is 19.8 Å². The van der Waals surface area contributed by atoms with Gasteiger partial charge in [0.1, 0.15) is 0 Å². The zero-order valence-corrected chi connectivity index (χ0v) is 9.12. The van der Waals surface area contributed by atoms with Crippen LogP contribution in [0.3, 0.4) is 0 Å². The van der Waals surface area contributed by atoms with E-state index in [2.05, 4.69) is 11.9 Å². The molecule has 1 amide bonds. The Balaban J connectivity index is 2.40. The summed E-state index contributed by atoms with van der Waals surface area (Å²) in [4.78, 5) is 11.7. The van der Waals surface area contributed by atoms with Crippen LogP contribution in [0.4, 0.5) is 0 Å². The number of carbonyl (C=O) groups is 1. The van der Waals surface area contributed by atoms with Gasteiger partial charge in [-0.1, -0.05) is 36.0 Å². The Morgan fingerprint density at radius 2 is 2.27 bits per heavy atom. The van der Waals surface area contributed by atoms with Gasteiger partial charge < -0.3 is 5.32 Å². The minimum absolute atomic E-state index is 0.0208. The molecule has 1 N–H and O–H groups in total. The van der Waals surface area contributed by atoms with Gasteiger partial charge in [-0.3, -0.25) is 4.79 Å². The van der Waals surface area contributed by atoms with Crippen molar-refractivity contribution in [2.24, 2.45) is 0 Å². The molecule has 0 saturated heterocycles. The Morgan fingerprint density at radius 1 is 1.47 bits per heavy atom. The Bertz CT molecular complexity index is 334. The van der Waals surface area contributed by atoms with Crippen LogP contribution in [0.1, 0.15) is 19.8 Å². The lowest BCUT2D eigenvalue weighted by Crippen LogP contribution is -2.25. The van der Waals surface area contributed by atoms with Gasteiger partial charge in [0.15, 0.2) is 0 Å². The number of hydrogen-bond donors (Lipinski definition) is 1. The summed E-state index contributed by atoms with van der Waals surface area (Å²) < 4.78 is 0. The van der Waals surface area contributed by atoms with Crippen LogP contribution < -0.4 is 5.32 Å². The van der Waals surface area contributed by atoms with E-state index < -0.39 is 0 Å². The first-order chi connectivity index (χ1) is 7.20. The molecule has 2 nitrogen and oxygen atoms in total. The molecular weight excluding hydrogens is 186 g/mol. The Hall–Kier alpha value is -1.57. The molecule has 0 heterocycles. The van der Waals surface area contributed by atoms with Gasteiger partial charge in [-0.25, -0.2) is 0 Å². The number of carbonyl (C=O) groups excluding carboxylic acids is 1. The van der Waals surface area contributed by atoms with E-state index >= 15 is 0 Å². The normalized spacial score (nSPS) is 14.3. The molecule has 0 aromatic rings. The third-order valence-corrected chi connectivity index (χ3v) is 2.12. The van der Waals surface area contributed by atoms with Crippen molar-refractivity contribution in [3.05, 3.63) is 48.1 Å². The van der Waals surface area contributed by atoms with E-state index in [0.29, 0.717) is 13.0 Å². The molecule has 15 heavy (non-hydrogen) atoms. The van der Waals surface area contributed by atoms with Crippen molar-refractivity contribution in [1.82, 2.24) is 5.32 Å². The van der Waals surface area contributed by atoms with Crippen molar-refractivity contribution in [2.45, 2.75) is 19.8 Å². The van der Waals surface area contributed by atoms with Gasteiger partial charge in [0.25, 0.3) is 0 Å². The van der Waals surface area contributed by atoms with E-state index in [0.717, 1.165) is 17.6 Å². The maximum Gasteiger partial charge on any atom is 0.247 e. The molecule has 1 aliphatic carbocycles. The van der Waals surface area contributed by atoms with Crippen LogP contribution in [0, 0.1) is 0 Å². The van der Waals surface area contributed by atoms with Crippen LogP contribution >= 0.6 is 0 Å². The Morgan fingerprint density at radius 3 is 3.00 bits per heavy atom. The zero-order valence-electron chi connectivity index (χ0n) is 9.12. The Labute approximate surface area is 91.1 Å². The van der Waals surface area contributed by atoms with Gasteiger partial charge in [-0.2, -0.15) is 0 Å². The average molecular weight is 203 g/mol. The summed E-state index contributed by atoms with van der Waals surface area (Å²) in [6, 6.07) is 0. The van der Waals surface area contributed by atoms with Crippen molar-refractivity contribution < 1.29 is 4.79 Å². The van der Waals surface area contributed by atoms with Crippen molar-refractivity contribution >= 4 is 5.91 Å². The minimum atomic E-state index is 0.0208. The second kappa shape index (κ2) is 6.02. The highest BCUT2D eigenvalue weighted by Gasteiger charge is 2.06. The lowest BCUT2D eigenvalue weighted by Gasteiger charge is -2.06. The molecule has 0 saturated carbocycles. The first kappa shape index (κ1) is 11.5. The van der Waals surface area contributed by atoms with Crippen molar-refractivity contribution in [2.75, 3.05) is 6.54 Å². The maximum absolute atomic E-state index is 11.7. The number of amides is 1. The van der Waals surface area contributed by atoms with E-state index in [9.17, 15) is 4.79 Å². The third-order valence-electron chi connectivity index (χ3n) is 2.12. The topological polar surface area (TPSA) is 29.1 Å². The van der Waals surface area contributed by atoms with Gasteiger partial charge in [-0.15, -0.1) is 6.58 Å². The molecule has 0 fully saturated rings. The number of rotatable bonds is 4. The molecule has 1 rings (SSSR count). The smallest absolute Gasteiger partial charge is 0.247 e. The monoisotopic (exact) mass is 203 g/mol. The highest BCUT2D eigenvalue weighted by molar-refractivity contribution is 5.94. The molecule has 0 unspecified atom stereocenters. The quantitative estimate of drug-likeness (QED) is 0.699. The molecular formula is C13H17NO. The highest BCUT2D eigenvalue weighted by Crippen LogP contribution is 2.07. The predicted octanol–water partition coefficient (Wildman–Crippen LogP) is 2.51. The summed E-state index contributed by atoms with van der Waals surface area (Å²) in [5, 5.41) is 2.88. The van der Waals surface area contributed by atoms with Crippen LogP contribution in [0.25, 0.3) is 0 Å². The fraction of sp³-hybridized carbons (Fsp3) is 0.308. The first-order valence-electron chi connectivity index (χ1n) is 5.15. The third kappa shape index (κ3) is 4.45. The largest absolute Gasteiger partial charge is 0.352 e. The van der Waals surface area contributed by atoms with Gasteiger partial charge in [0.2, 0.25) is 5.91 Å². The lowest BCUT2D eigenvalue weighted by molar-refractivity contribution is -0.117. The average Bonchev–Trinajstić information content (AvgIpc) is 2.44. The van der Waals surface area contributed by atoms with Crippen molar-refractivity contribution in [3.63, 3.8) is 0 Å². The molecule has 0 bridgehead atoms. The van der Waals surface area contributed by atoms with Crippen LogP contribution in [-0.4, -0.2) is 12.5 Å². The summed E-state index contributed by atoms with van der Waals surface area (Å²) in [5.74, 6) is 0.0208. The maximum atomic E-state index is 11.7. The summed E-state index contributed by atoms with van der Waals surface area (Å²) in [5.41, 5.74) is 1.90. The zero-order chi connectivity index (χ0) is 11.1. The van der Waals surface area contributed by atoms with Gasteiger partial charge >= 0.3 is 0 Å². The predicted molar refractivity (Wildman–Crippen MR) is 63.4 cm³/mol. The molecule has 80 valence electrons. The number of allylic oxidation sites excluding steroid dienone is 5. The van der Waals surface area contributed by atoms with Crippen LogP contribution in [0.5, 0.6) is 0 Å². The van der Waals surface area contributed by atoms with Gasteiger partial charge in [0, 0.05) is 12.1 Å². The standard InChI is InChI=1S/C13H17NO/c1-11(2)9-10-14-13(15)12-7-5-3-4-6-8-12/h3-7H,1,8-10H2,2H3,(H,14,15). The summed E-state index contributed by atoms with van der Waals surface area (Å²) >= 11 is 0. The molecule has 0 spiro atoms. The molecule has 0 aromatic heterocycles. The summed E-state index contributed by atoms with van der Waals surface area (Å²) in [6.45, 7) is 6.42. The van der Waals surface area contributed by atoms with Gasteiger partial charge in [0.05, 0.1) is 0 Å². The summed E-state index contributed by atoms with van der Waals surface area (Å²) in [6.07, 6.45) is 11.1. The fourth-order valence-electron chi connectivity index (χ4n) is 1.25. The first-order valence-corrected chi connectivity index (χ1v) is 5.15. The number of nitrogens with one attached hydrogen (secondary N) is 1. The molecule has 0 atom stereocenters. The van der Waals surface area contributed by atoms with Crippen LogP contribution in [0.2, 0.25) is 0 Å². The fourth-order valence-corrected chi connectivity index (χ4v) is 1.25. The molecule has 0 aromatic carbocycles. The van der Waals surface area contributed by atoms with E-state index in [1.165, 1.54) is 0 Å². The molecule has 0 aliphatic heterocycles. The highest BCUT2D eigenvalue weighted by atomic mass is 16.1. The SMILES string of the molecule is C=C(C)CCNC(=O)C1=CC=CC=CC1. The molecule has 0 radical (unpaired) electrons. The van der Waals surface area contributed by atoms with Crippen LogP contribution in [-0.2, 0) is 4.79 Å². The van der Waals surface area contributed by atoms with Crippen molar-refractivity contribution in [3.8, 4) is 0 Å². The van der Waals surface area contributed by atoms with E-state index in [1.54, 1.807) is 0 Å². The second-order valence-electron chi connectivity index (χ2n) is 3.67. The van der Waals surface area contributed by atoms with E-state index in [1.807, 2.05) is 37.3 Å². The lowest BCUT2D eigenvalue weighted by atomic mass is 10.1. The Kier molecular flexibility index (Phi) is 4.61. The second-order valence-corrected chi connectivity index (χ2v) is 3.67.